The molecule has 1 aromatic heterocycles. The average molecular weight is 222 g/mol. The number of nitrogens with one attached hydrogen (secondary N) is 1. The van der Waals surface area contributed by atoms with E-state index in [1.54, 1.807) is 12.3 Å². The van der Waals surface area contributed by atoms with Gasteiger partial charge < -0.3 is 16.2 Å². The lowest BCUT2D eigenvalue weighted by atomic mass is 9.87. The van der Waals surface area contributed by atoms with Crippen molar-refractivity contribution in [1.82, 2.24) is 9.97 Å². The first-order valence-electron chi connectivity index (χ1n) is 5.67. The van der Waals surface area contributed by atoms with Gasteiger partial charge in [0.05, 0.1) is 6.61 Å². The monoisotopic (exact) mass is 222 g/mol. The van der Waals surface area contributed by atoms with Crippen molar-refractivity contribution >= 4 is 11.8 Å². The lowest BCUT2D eigenvalue weighted by Gasteiger charge is -2.26. The number of aliphatic hydroxyl groups is 1. The fraction of sp³-hybridized carbons (Fsp3) is 0.636. The summed E-state index contributed by atoms with van der Waals surface area (Å²) in [5.41, 5.74) is 5.58. The summed E-state index contributed by atoms with van der Waals surface area (Å²) in [5, 5.41) is 12.6. The molecule has 0 amide bonds. The van der Waals surface area contributed by atoms with Gasteiger partial charge in [0.1, 0.15) is 5.82 Å². The van der Waals surface area contributed by atoms with Crippen LogP contribution >= 0.6 is 0 Å². The smallest absolute Gasteiger partial charge is 0.224 e. The van der Waals surface area contributed by atoms with E-state index < -0.39 is 0 Å². The molecule has 0 aliphatic heterocycles. The summed E-state index contributed by atoms with van der Waals surface area (Å²) in [6.07, 6.45) is 6.16. The Bertz CT molecular complexity index is 350. The first-order chi connectivity index (χ1) is 7.74. The zero-order valence-electron chi connectivity index (χ0n) is 9.32. The highest BCUT2D eigenvalue weighted by Gasteiger charge is 2.33. The quantitative estimate of drug-likeness (QED) is 0.708. The third-order valence-electron chi connectivity index (χ3n) is 3.30. The Morgan fingerprint density at radius 3 is 2.81 bits per heavy atom. The molecule has 0 atom stereocenters. The first-order valence-corrected chi connectivity index (χ1v) is 5.67. The van der Waals surface area contributed by atoms with Crippen LogP contribution in [0.3, 0.4) is 0 Å². The summed E-state index contributed by atoms with van der Waals surface area (Å²) in [6, 6.07) is 1.66. The highest BCUT2D eigenvalue weighted by molar-refractivity contribution is 5.35. The van der Waals surface area contributed by atoms with Crippen LogP contribution in [0.4, 0.5) is 11.8 Å². The molecule has 1 saturated carbocycles. The summed E-state index contributed by atoms with van der Waals surface area (Å²) in [6.45, 7) is 0.940. The largest absolute Gasteiger partial charge is 0.396 e. The number of hydrogen-bond acceptors (Lipinski definition) is 5. The van der Waals surface area contributed by atoms with Gasteiger partial charge in [0.2, 0.25) is 5.95 Å². The van der Waals surface area contributed by atoms with Gasteiger partial charge in [-0.1, -0.05) is 12.8 Å². The van der Waals surface area contributed by atoms with Gasteiger partial charge in [-0.15, -0.1) is 0 Å². The van der Waals surface area contributed by atoms with Crippen molar-refractivity contribution < 1.29 is 5.11 Å². The molecule has 16 heavy (non-hydrogen) atoms. The Balaban J connectivity index is 1.95. The molecule has 0 saturated heterocycles. The van der Waals surface area contributed by atoms with Crippen LogP contribution in [0.25, 0.3) is 0 Å². The molecule has 0 unspecified atom stereocenters. The van der Waals surface area contributed by atoms with E-state index in [1.807, 2.05) is 0 Å². The number of aromatic nitrogens is 2. The van der Waals surface area contributed by atoms with E-state index >= 15 is 0 Å². The van der Waals surface area contributed by atoms with Gasteiger partial charge in [0.25, 0.3) is 0 Å². The van der Waals surface area contributed by atoms with Gasteiger partial charge in [-0.3, -0.25) is 0 Å². The van der Waals surface area contributed by atoms with Crippen molar-refractivity contribution in [3.05, 3.63) is 12.3 Å². The van der Waals surface area contributed by atoms with Gasteiger partial charge in [0.15, 0.2) is 0 Å². The maximum atomic E-state index is 9.44. The number of nitrogen functional groups attached to an aromatic ring is 1. The molecule has 1 aliphatic rings. The molecular formula is C11H18N4O. The topological polar surface area (TPSA) is 84.1 Å². The van der Waals surface area contributed by atoms with E-state index in [0.717, 1.165) is 12.8 Å². The molecule has 88 valence electrons. The van der Waals surface area contributed by atoms with Crippen LogP contribution in [0.5, 0.6) is 0 Å². The Hall–Kier alpha value is -1.36. The fourth-order valence-corrected chi connectivity index (χ4v) is 2.24. The maximum absolute atomic E-state index is 9.44. The predicted molar refractivity (Wildman–Crippen MR) is 62.9 cm³/mol. The SMILES string of the molecule is Nc1ccnc(NCC2(CO)CCCC2)n1. The third kappa shape index (κ3) is 2.41. The number of nitrogens with zero attached hydrogens (tertiary/aromatic N) is 2. The zero-order valence-corrected chi connectivity index (χ0v) is 9.32. The molecule has 1 aliphatic carbocycles. The average Bonchev–Trinajstić information content (AvgIpc) is 2.76. The first kappa shape index (κ1) is 11.1. The second kappa shape index (κ2) is 4.65. The molecule has 1 fully saturated rings. The van der Waals surface area contributed by atoms with Crippen LogP contribution in [-0.2, 0) is 0 Å². The molecule has 0 aromatic carbocycles. The summed E-state index contributed by atoms with van der Waals surface area (Å²) in [7, 11) is 0. The van der Waals surface area contributed by atoms with Gasteiger partial charge >= 0.3 is 0 Å². The van der Waals surface area contributed by atoms with Gasteiger partial charge in [-0.2, -0.15) is 4.98 Å². The Labute approximate surface area is 95.1 Å². The summed E-state index contributed by atoms with van der Waals surface area (Å²) < 4.78 is 0. The number of rotatable bonds is 4. The van der Waals surface area contributed by atoms with Crippen molar-refractivity contribution in [2.45, 2.75) is 25.7 Å². The number of aliphatic hydroxyl groups excluding tert-OH is 1. The van der Waals surface area contributed by atoms with Crippen LogP contribution in [0, 0.1) is 5.41 Å². The fourth-order valence-electron chi connectivity index (χ4n) is 2.24. The van der Waals surface area contributed by atoms with Crippen molar-refractivity contribution in [3.63, 3.8) is 0 Å². The van der Waals surface area contributed by atoms with E-state index in [1.165, 1.54) is 12.8 Å². The van der Waals surface area contributed by atoms with E-state index in [2.05, 4.69) is 15.3 Å². The maximum Gasteiger partial charge on any atom is 0.224 e. The number of nitrogens with two attached hydrogens (primary N) is 1. The van der Waals surface area contributed by atoms with Gasteiger partial charge in [-0.05, 0) is 18.9 Å². The summed E-state index contributed by atoms with van der Waals surface area (Å²) >= 11 is 0. The number of hydrogen-bond donors (Lipinski definition) is 3. The Morgan fingerprint density at radius 1 is 1.44 bits per heavy atom. The second-order valence-corrected chi connectivity index (χ2v) is 4.52. The minimum atomic E-state index is 0.00790. The van der Waals surface area contributed by atoms with Crippen LogP contribution < -0.4 is 11.1 Å². The van der Waals surface area contributed by atoms with E-state index in [9.17, 15) is 5.11 Å². The molecule has 0 spiro atoms. The highest BCUT2D eigenvalue weighted by atomic mass is 16.3. The minimum absolute atomic E-state index is 0.00790. The second-order valence-electron chi connectivity index (χ2n) is 4.52. The molecule has 5 nitrogen and oxygen atoms in total. The van der Waals surface area contributed by atoms with Crippen LogP contribution in [0.2, 0.25) is 0 Å². The predicted octanol–water partition coefficient (Wildman–Crippen LogP) is 1.02. The van der Waals surface area contributed by atoms with Crippen molar-refractivity contribution in [2.24, 2.45) is 5.41 Å². The molecular weight excluding hydrogens is 204 g/mol. The Morgan fingerprint density at radius 2 is 2.19 bits per heavy atom. The Kier molecular flexibility index (Phi) is 3.24. The molecule has 1 heterocycles. The van der Waals surface area contributed by atoms with Crippen molar-refractivity contribution in [2.75, 3.05) is 24.2 Å². The zero-order chi connectivity index (χ0) is 11.4. The van der Waals surface area contributed by atoms with Crippen LogP contribution in [0.1, 0.15) is 25.7 Å². The molecule has 2 rings (SSSR count). The van der Waals surface area contributed by atoms with E-state index in [-0.39, 0.29) is 12.0 Å². The standard InChI is InChI=1S/C11H18N4O/c12-9-3-6-13-10(15-9)14-7-11(8-16)4-1-2-5-11/h3,6,16H,1-2,4-5,7-8H2,(H3,12,13,14,15). The van der Waals surface area contributed by atoms with E-state index in [4.69, 9.17) is 5.73 Å². The normalized spacial score (nSPS) is 18.6. The van der Waals surface area contributed by atoms with E-state index in [0.29, 0.717) is 18.3 Å². The summed E-state index contributed by atoms with van der Waals surface area (Å²) in [4.78, 5) is 8.16. The highest BCUT2D eigenvalue weighted by Crippen LogP contribution is 2.37. The third-order valence-corrected chi connectivity index (χ3v) is 3.30. The number of anilines is 2. The minimum Gasteiger partial charge on any atom is -0.396 e. The lowest BCUT2D eigenvalue weighted by Crippen LogP contribution is -2.31. The van der Waals surface area contributed by atoms with Gasteiger partial charge in [-0.25, -0.2) is 4.98 Å². The summed E-state index contributed by atoms with van der Waals surface area (Å²) in [5.74, 6) is 1.00. The van der Waals surface area contributed by atoms with Crippen molar-refractivity contribution in [1.29, 1.82) is 0 Å². The molecule has 5 heteroatoms. The molecule has 1 aromatic rings. The van der Waals surface area contributed by atoms with Crippen LogP contribution in [0.15, 0.2) is 12.3 Å². The molecule has 0 bridgehead atoms. The van der Waals surface area contributed by atoms with Crippen molar-refractivity contribution in [3.8, 4) is 0 Å². The molecule has 0 radical (unpaired) electrons. The molecule has 4 N–H and O–H groups in total. The van der Waals surface area contributed by atoms with Gasteiger partial charge in [0, 0.05) is 18.2 Å². The lowest BCUT2D eigenvalue weighted by molar-refractivity contribution is 0.142. The van der Waals surface area contributed by atoms with Crippen LogP contribution in [-0.4, -0.2) is 28.2 Å².